The normalized spacial score (nSPS) is 11.9. The fourth-order valence-corrected chi connectivity index (χ4v) is 1.78. The van der Waals surface area contributed by atoms with Gasteiger partial charge in [-0.1, -0.05) is 6.42 Å². The van der Waals surface area contributed by atoms with E-state index in [2.05, 4.69) is 0 Å². The van der Waals surface area contributed by atoms with Gasteiger partial charge in [0.15, 0.2) is 5.78 Å². The number of methoxy groups -OCH3 is 1. The Balaban J connectivity index is 2.87. The third-order valence-corrected chi connectivity index (χ3v) is 2.91. The van der Waals surface area contributed by atoms with Crippen LogP contribution in [0.5, 0.6) is 5.75 Å². The molecule has 103 valence electrons. The van der Waals surface area contributed by atoms with Crippen molar-refractivity contribution in [3.8, 4) is 5.75 Å². The molecular weight excluding hydrogens is 244 g/mol. The maximum atomic E-state index is 12.2. The Morgan fingerprint density at radius 1 is 1.42 bits per heavy atom. The van der Waals surface area contributed by atoms with Crippen LogP contribution in [0.4, 0.5) is 0 Å². The van der Waals surface area contributed by atoms with Gasteiger partial charge in [0, 0.05) is 11.1 Å². The number of carbonyl (C=O) groups excluding carboxylic acids is 2. The first-order valence-electron chi connectivity index (χ1n) is 6.20. The minimum atomic E-state index is -0.634. The Labute approximate surface area is 112 Å². The van der Waals surface area contributed by atoms with E-state index in [4.69, 9.17) is 16.2 Å². The van der Waals surface area contributed by atoms with E-state index in [-0.39, 0.29) is 16.9 Å². The zero-order valence-electron chi connectivity index (χ0n) is 11.0. The number of benzene rings is 1. The lowest BCUT2D eigenvalue weighted by Gasteiger charge is -2.12. The van der Waals surface area contributed by atoms with E-state index in [0.29, 0.717) is 18.7 Å². The predicted molar refractivity (Wildman–Crippen MR) is 73.0 cm³/mol. The van der Waals surface area contributed by atoms with E-state index in [1.165, 1.54) is 19.2 Å². The van der Waals surface area contributed by atoms with Gasteiger partial charge in [0.2, 0.25) is 6.29 Å². The zero-order chi connectivity index (χ0) is 14.3. The molecule has 0 aliphatic carbocycles. The van der Waals surface area contributed by atoms with Crippen molar-refractivity contribution in [2.24, 2.45) is 11.5 Å². The Morgan fingerprint density at radius 2 is 2.16 bits per heavy atom. The molecule has 1 rings (SSSR count). The lowest BCUT2D eigenvalue weighted by molar-refractivity contribution is 0.0955. The van der Waals surface area contributed by atoms with Crippen LogP contribution in [0.3, 0.4) is 0 Å². The quantitative estimate of drug-likeness (QED) is 0.534. The van der Waals surface area contributed by atoms with E-state index < -0.39 is 6.04 Å². The molecule has 0 unspecified atom stereocenters. The van der Waals surface area contributed by atoms with Crippen molar-refractivity contribution in [1.82, 2.24) is 0 Å². The first-order chi connectivity index (χ1) is 9.13. The number of unbranched alkanes of at least 4 members (excludes halogenated alkanes) is 1. The summed E-state index contributed by atoms with van der Waals surface area (Å²) in [6.45, 7) is 0.577. The van der Waals surface area contributed by atoms with Crippen LogP contribution in [-0.2, 0) is 4.79 Å². The zero-order valence-corrected chi connectivity index (χ0v) is 11.0. The first kappa shape index (κ1) is 15.3. The number of hydrogen-bond donors (Lipinski definition) is 2. The summed E-state index contributed by atoms with van der Waals surface area (Å²) in [5.41, 5.74) is 11.7. The minimum Gasteiger partial charge on any atom is -0.497 e. The second-order valence-corrected chi connectivity index (χ2v) is 4.27. The van der Waals surface area contributed by atoms with Crippen molar-refractivity contribution >= 4 is 12.1 Å². The molecule has 0 aromatic heterocycles. The average Bonchev–Trinajstić information content (AvgIpc) is 2.45. The number of ether oxygens (including phenoxy) is 1. The van der Waals surface area contributed by atoms with Crippen LogP contribution in [0.2, 0.25) is 0 Å². The summed E-state index contributed by atoms with van der Waals surface area (Å²) < 4.78 is 5.04. The molecule has 1 aromatic carbocycles. The maximum absolute atomic E-state index is 12.2. The molecule has 0 saturated heterocycles. The van der Waals surface area contributed by atoms with Gasteiger partial charge >= 0.3 is 0 Å². The Kier molecular flexibility index (Phi) is 6.18. The highest BCUT2D eigenvalue weighted by Crippen LogP contribution is 2.18. The molecule has 4 N–H and O–H groups in total. The highest BCUT2D eigenvalue weighted by molar-refractivity contribution is 6.06. The van der Waals surface area contributed by atoms with Crippen LogP contribution in [0.1, 0.15) is 35.2 Å². The number of ketones is 1. The van der Waals surface area contributed by atoms with Crippen molar-refractivity contribution < 1.29 is 14.3 Å². The fraction of sp³-hybridized carbons (Fsp3) is 0.429. The second-order valence-electron chi connectivity index (χ2n) is 4.27. The Bertz CT molecular complexity index is 446. The van der Waals surface area contributed by atoms with Gasteiger partial charge in [0.1, 0.15) is 5.75 Å². The Morgan fingerprint density at radius 3 is 2.74 bits per heavy atom. The summed E-state index contributed by atoms with van der Waals surface area (Å²) in [4.78, 5) is 23.0. The van der Waals surface area contributed by atoms with Crippen LogP contribution in [0, 0.1) is 0 Å². The molecule has 0 spiro atoms. The molecule has 1 atom stereocenters. The molecule has 1 radical (unpaired) electrons. The lowest BCUT2D eigenvalue weighted by atomic mass is 9.96. The largest absolute Gasteiger partial charge is 0.497 e. The van der Waals surface area contributed by atoms with Crippen LogP contribution >= 0.6 is 0 Å². The molecule has 0 aliphatic heterocycles. The summed E-state index contributed by atoms with van der Waals surface area (Å²) in [7, 11) is 1.50. The first-order valence-corrected chi connectivity index (χ1v) is 6.20. The lowest BCUT2D eigenvalue weighted by Crippen LogP contribution is -2.31. The maximum Gasteiger partial charge on any atom is 0.234 e. The number of rotatable bonds is 8. The summed E-state index contributed by atoms with van der Waals surface area (Å²) >= 11 is 0. The van der Waals surface area contributed by atoms with E-state index in [9.17, 15) is 9.59 Å². The summed E-state index contributed by atoms with van der Waals surface area (Å²) in [5.74, 6) is 0.241. The molecule has 19 heavy (non-hydrogen) atoms. The van der Waals surface area contributed by atoms with Gasteiger partial charge in [-0.05, 0) is 37.6 Å². The molecular formula is C14H19N2O3. The van der Waals surface area contributed by atoms with Crippen LogP contribution in [0.25, 0.3) is 0 Å². The highest BCUT2D eigenvalue weighted by atomic mass is 16.5. The monoisotopic (exact) mass is 263 g/mol. The molecule has 0 aliphatic rings. The van der Waals surface area contributed by atoms with Crippen molar-refractivity contribution in [1.29, 1.82) is 0 Å². The highest BCUT2D eigenvalue weighted by Gasteiger charge is 2.19. The SMILES string of the molecule is COc1ccc([C]=O)c(C(=O)[C@H](N)CCCCN)c1. The predicted octanol–water partition coefficient (Wildman–Crippen LogP) is 0.792. The van der Waals surface area contributed by atoms with E-state index in [1.54, 1.807) is 12.4 Å². The standard InChI is InChI=1S/C14H19N2O3/c1-19-11-6-5-10(9-17)12(8-11)14(18)13(16)4-2-3-7-15/h5-6,8,13H,2-4,7,15-16H2,1H3/t13-/m1/s1. The summed E-state index contributed by atoms with van der Waals surface area (Å²) in [6.07, 6.45) is 3.91. The molecule has 0 saturated carbocycles. The number of carbonyl (C=O) groups is 1. The summed E-state index contributed by atoms with van der Waals surface area (Å²) in [6, 6.07) is 4.00. The molecule has 5 heteroatoms. The van der Waals surface area contributed by atoms with Crippen LogP contribution in [0.15, 0.2) is 18.2 Å². The number of Topliss-reactive ketones (excluding diaryl/α,β-unsaturated/α-hetero) is 1. The van der Waals surface area contributed by atoms with Crippen molar-refractivity contribution in [3.05, 3.63) is 29.3 Å². The van der Waals surface area contributed by atoms with Gasteiger partial charge in [0.25, 0.3) is 0 Å². The van der Waals surface area contributed by atoms with Gasteiger partial charge in [-0.25, -0.2) is 0 Å². The molecule has 0 amide bonds. The van der Waals surface area contributed by atoms with Gasteiger partial charge < -0.3 is 16.2 Å². The van der Waals surface area contributed by atoms with E-state index in [0.717, 1.165) is 12.8 Å². The molecule has 0 bridgehead atoms. The van der Waals surface area contributed by atoms with Gasteiger partial charge in [-0.2, -0.15) is 0 Å². The van der Waals surface area contributed by atoms with Gasteiger partial charge in [0.05, 0.1) is 13.2 Å². The van der Waals surface area contributed by atoms with Crippen molar-refractivity contribution in [2.75, 3.05) is 13.7 Å². The fourth-order valence-electron chi connectivity index (χ4n) is 1.78. The topological polar surface area (TPSA) is 95.4 Å². The molecule has 5 nitrogen and oxygen atoms in total. The number of nitrogens with two attached hydrogens (primary N) is 2. The smallest absolute Gasteiger partial charge is 0.234 e. The molecule has 1 aromatic rings. The Hall–Kier alpha value is -1.72. The van der Waals surface area contributed by atoms with E-state index in [1.807, 2.05) is 0 Å². The van der Waals surface area contributed by atoms with Gasteiger partial charge in [-0.15, -0.1) is 0 Å². The van der Waals surface area contributed by atoms with Gasteiger partial charge in [-0.3, -0.25) is 9.59 Å². The number of hydrogen-bond acceptors (Lipinski definition) is 5. The summed E-state index contributed by atoms with van der Waals surface area (Å²) in [5, 5.41) is 0. The van der Waals surface area contributed by atoms with Crippen molar-refractivity contribution in [2.45, 2.75) is 25.3 Å². The van der Waals surface area contributed by atoms with Crippen LogP contribution in [-0.4, -0.2) is 31.8 Å². The van der Waals surface area contributed by atoms with Crippen molar-refractivity contribution in [3.63, 3.8) is 0 Å². The average molecular weight is 263 g/mol. The minimum absolute atomic E-state index is 0.208. The van der Waals surface area contributed by atoms with Crippen LogP contribution < -0.4 is 16.2 Å². The third-order valence-electron chi connectivity index (χ3n) is 2.91. The van der Waals surface area contributed by atoms with E-state index >= 15 is 0 Å². The third kappa shape index (κ3) is 4.15. The second kappa shape index (κ2) is 7.66. The molecule has 0 fully saturated rings. The molecule has 0 heterocycles.